The molecule has 0 radical (unpaired) electrons. The lowest BCUT2D eigenvalue weighted by molar-refractivity contribution is -0.137. The average Bonchev–Trinajstić information content (AvgIpc) is 2.51. The van der Waals surface area contributed by atoms with Gasteiger partial charge in [0.25, 0.3) is 0 Å². The second kappa shape index (κ2) is 7.61. The third-order valence-corrected chi connectivity index (χ3v) is 3.57. The van der Waals surface area contributed by atoms with Gasteiger partial charge < -0.3 is 10.6 Å². The lowest BCUT2D eigenvalue weighted by atomic mass is 10.2. The minimum absolute atomic E-state index is 0.0572. The van der Waals surface area contributed by atoms with Gasteiger partial charge in [0, 0.05) is 12.7 Å². The summed E-state index contributed by atoms with van der Waals surface area (Å²) in [6, 6.07) is 10.5. The number of nitrogens with zero attached hydrogens (tertiary/aromatic N) is 1. The maximum Gasteiger partial charge on any atom is 0.417 e. The molecule has 3 nitrogen and oxygen atoms in total. The molecule has 0 amide bonds. The lowest BCUT2D eigenvalue weighted by Gasteiger charge is -2.12. The first-order valence-corrected chi connectivity index (χ1v) is 7.42. The molecule has 2 aromatic rings. The van der Waals surface area contributed by atoms with Crippen molar-refractivity contribution in [3.05, 3.63) is 64.4 Å². The van der Waals surface area contributed by atoms with Gasteiger partial charge in [-0.15, -0.1) is 0 Å². The van der Waals surface area contributed by atoms with Crippen LogP contribution in [0.5, 0.6) is 0 Å². The van der Waals surface area contributed by atoms with Gasteiger partial charge in [-0.3, -0.25) is 4.98 Å². The molecule has 23 heavy (non-hydrogen) atoms. The Hall–Kier alpha value is -1.86. The van der Waals surface area contributed by atoms with E-state index in [0.29, 0.717) is 17.4 Å². The summed E-state index contributed by atoms with van der Waals surface area (Å²) in [6.45, 7) is 0.679. The van der Waals surface area contributed by atoms with E-state index in [4.69, 9.17) is 23.8 Å². The molecule has 0 aliphatic rings. The third-order valence-electron chi connectivity index (χ3n) is 2.96. The molecule has 2 rings (SSSR count). The van der Waals surface area contributed by atoms with Crippen LogP contribution in [-0.4, -0.2) is 10.1 Å². The van der Waals surface area contributed by atoms with Gasteiger partial charge in [-0.1, -0.05) is 41.9 Å². The topological polar surface area (TPSA) is 37.0 Å². The molecule has 0 spiro atoms. The average molecular weight is 360 g/mol. The summed E-state index contributed by atoms with van der Waals surface area (Å²) >= 11 is 10.9. The van der Waals surface area contributed by atoms with Crippen molar-refractivity contribution in [3.8, 4) is 0 Å². The minimum atomic E-state index is -4.46. The van der Waals surface area contributed by atoms with Crippen molar-refractivity contribution in [1.82, 2.24) is 15.6 Å². The van der Waals surface area contributed by atoms with Crippen molar-refractivity contribution in [3.63, 3.8) is 0 Å². The monoisotopic (exact) mass is 359 g/mol. The predicted octanol–water partition coefficient (Wildman–Crippen LogP) is 3.92. The molecule has 1 aromatic carbocycles. The van der Waals surface area contributed by atoms with Gasteiger partial charge in [0.05, 0.1) is 22.8 Å². The summed E-state index contributed by atoms with van der Waals surface area (Å²) in [5.41, 5.74) is 0.474. The number of rotatable bonds is 4. The Morgan fingerprint density at radius 2 is 1.78 bits per heavy atom. The van der Waals surface area contributed by atoms with Gasteiger partial charge in [0.2, 0.25) is 0 Å². The first kappa shape index (κ1) is 17.5. The number of hydrogen-bond donors (Lipinski definition) is 2. The number of halogens is 4. The Kier molecular flexibility index (Phi) is 5.79. The smallest absolute Gasteiger partial charge is 0.359 e. The van der Waals surface area contributed by atoms with Crippen LogP contribution in [0.25, 0.3) is 0 Å². The second-order valence-electron chi connectivity index (χ2n) is 4.67. The number of pyridine rings is 1. The highest BCUT2D eigenvalue weighted by atomic mass is 35.5. The first-order valence-electron chi connectivity index (χ1n) is 6.63. The van der Waals surface area contributed by atoms with Crippen LogP contribution in [-0.2, 0) is 19.3 Å². The van der Waals surface area contributed by atoms with Crippen molar-refractivity contribution >= 4 is 28.9 Å². The molecule has 8 heteroatoms. The van der Waals surface area contributed by atoms with E-state index < -0.39 is 11.7 Å². The van der Waals surface area contributed by atoms with Crippen LogP contribution in [0.1, 0.15) is 16.8 Å². The molecule has 0 atom stereocenters. The SMILES string of the molecule is FC(F)(F)c1cnc(CNC(=S)NCc2ccccc2)c(Cl)c1. The summed E-state index contributed by atoms with van der Waals surface area (Å²) < 4.78 is 37.6. The van der Waals surface area contributed by atoms with Gasteiger partial charge in [-0.25, -0.2) is 0 Å². The first-order chi connectivity index (χ1) is 10.9. The highest BCUT2D eigenvalue weighted by molar-refractivity contribution is 7.80. The number of aromatic nitrogens is 1. The van der Waals surface area contributed by atoms with Crippen LogP contribution in [0.2, 0.25) is 5.02 Å². The number of benzene rings is 1. The molecule has 1 heterocycles. The standard InChI is InChI=1S/C15H13ClF3N3S/c16-12-6-11(15(17,18)19)8-20-13(12)9-22-14(23)21-7-10-4-2-1-3-5-10/h1-6,8H,7,9H2,(H2,21,22,23). The van der Waals surface area contributed by atoms with Crippen molar-refractivity contribution in [2.45, 2.75) is 19.3 Å². The Morgan fingerprint density at radius 1 is 1.13 bits per heavy atom. The van der Waals surface area contributed by atoms with Crippen molar-refractivity contribution < 1.29 is 13.2 Å². The van der Waals surface area contributed by atoms with Crippen LogP contribution in [0, 0.1) is 0 Å². The maximum absolute atomic E-state index is 12.5. The third kappa shape index (κ3) is 5.37. The summed E-state index contributed by atoms with van der Waals surface area (Å²) in [6.07, 6.45) is -3.71. The van der Waals surface area contributed by atoms with E-state index in [1.54, 1.807) is 0 Å². The van der Waals surface area contributed by atoms with E-state index in [0.717, 1.165) is 17.8 Å². The molecule has 0 aliphatic heterocycles. The van der Waals surface area contributed by atoms with Crippen molar-refractivity contribution in [1.29, 1.82) is 0 Å². The fourth-order valence-electron chi connectivity index (χ4n) is 1.76. The summed E-state index contributed by atoms with van der Waals surface area (Å²) in [7, 11) is 0. The number of hydrogen-bond acceptors (Lipinski definition) is 2. The highest BCUT2D eigenvalue weighted by Gasteiger charge is 2.31. The summed E-state index contributed by atoms with van der Waals surface area (Å²) in [5, 5.41) is 6.16. The fourth-order valence-corrected chi connectivity index (χ4v) is 2.13. The van der Waals surface area contributed by atoms with E-state index >= 15 is 0 Å². The van der Waals surface area contributed by atoms with Gasteiger partial charge in [0.15, 0.2) is 5.11 Å². The van der Waals surface area contributed by atoms with Gasteiger partial charge in [-0.2, -0.15) is 13.2 Å². The molecular weight excluding hydrogens is 347 g/mol. The van der Waals surface area contributed by atoms with Gasteiger partial charge in [-0.05, 0) is 23.8 Å². The van der Waals surface area contributed by atoms with E-state index in [9.17, 15) is 13.2 Å². The largest absolute Gasteiger partial charge is 0.417 e. The van der Waals surface area contributed by atoms with E-state index in [2.05, 4.69) is 15.6 Å². The maximum atomic E-state index is 12.5. The molecule has 0 saturated carbocycles. The molecule has 0 bridgehead atoms. The number of nitrogens with one attached hydrogen (secondary N) is 2. The molecule has 2 N–H and O–H groups in total. The lowest BCUT2D eigenvalue weighted by Crippen LogP contribution is -2.34. The quantitative estimate of drug-likeness (QED) is 0.811. The van der Waals surface area contributed by atoms with Crippen LogP contribution >= 0.6 is 23.8 Å². The molecule has 0 fully saturated rings. The number of thiocarbonyl (C=S) groups is 1. The molecular formula is C15H13ClF3N3S. The fraction of sp³-hybridized carbons (Fsp3) is 0.200. The Balaban J connectivity index is 1.87. The highest BCUT2D eigenvalue weighted by Crippen LogP contribution is 2.30. The minimum Gasteiger partial charge on any atom is -0.359 e. The van der Waals surface area contributed by atoms with E-state index in [1.165, 1.54) is 0 Å². The summed E-state index contributed by atoms with van der Waals surface area (Å²) in [4.78, 5) is 3.73. The van der Waals surface area contributed by atoms with E-state index in [1.807, 2.05) is 30.3 Å². The zero-order valence-corrected chi connectivity index (χ0v) is 13.4. The van der Waals surface area contributed by atoms with E-state index in [-0.39, 0.29) is 11.6 Å². The predicted molar refractivity (Wildman–Crippen MR) is 87.0 cm³/mol. The summed E-state index contributed by atoms with van der Waals surface area (Å²) in [5.74, 6) is 0. The zero-order chi connectivity index (χ0) is 16.9. The van der Waals surface area contributed by atoms with Crippen LogP contribution in [0.15, 0.2) is 42.6 Å². The van der Waals surface area contributed by atoms with Crippen LogP contribution in [0.4, 0.5) is 13.2 Å². The van der Waals surface area contributed by atoms with Crippen LogP contribution < -0.4 is 10.6 Å². The molecule has 0 unspecified atom stereocenters. The van der Waals surface area contributed by atoms with Gasteiger partial charge in [0.1, 0.15) is 0 Å². The zero-order valence-electron chi connectivity index (χ0n) is 11.8. The molecule has 1 aromatic heterocycles. The van der Waals surface area contributed by atoms with Crippen LogP contribution in [0.3, 0.4) is 0 Å². The number of alkyl halides is 3. The normalized spacial score (nSPS) is 11.1. The molecule has 122 valence electrons. The molecule has 0 saturated heterocycles. The Labute approximate surface area is 141 Å². The van der Waals surface area contributed by atoms with Crippen molar-refractivity contribution in [2.75, 3.05) is 0 Å². The molecule has 0 aliphatic carbocycles. The Bertz CT molecular complexity index is 677. The Morgan fingerprint density at radius 3 is 2.39 bits per heavy atom. The second-order valence-corrected chi connectivity index (χ2v) is 5.49. The van der Waals surface area contributed by atoms with Gasteiger partial charge >= 0.3 is 6.18 Å². The van der Waals surface area contributed by atoms with Crippen molar-refractivity contribution in [2.24, 2.45) is 0 Å².